The van der Waals surface area contributed by atoms with Gasteiger partial charge >= 0.3 is 0 Å². The Morgan fingerprint density at radius 3 is 2.75 bits per heavy atom. The van der Waals surface area contributed by atoms with Crippen LogP contribution >= 0.6 is 11.6 Å². The van der Waals surface area contributed by atoms with E-state index in [1.807, 2.05) is 24.3 Å². The van der Waals surface area contributed by atoms with Gasteiger partial charge in [0.15, 0.2) is 5.82 Å². The van der Waals surface area contributed by atoms with Gasteiger partial charge in [-0.25, -0.2) is 0 Å². The predicted octanol–water partition coefficient (Wildman–Crippen LogP) is 4.68. The molecule has 1 aromatic carbocycles. The lowest BCUT2D eigenvalue weighted by Crippen LogP contribution is -2.05. The molecule has 0 saturated carbocycles. The predicted molar refractivity (Wildman–Crippen MR) is 80.9 cm³/mol. The first-order valence-corrected chi connectivity index (χ1v) is 7.36. The Morgan fingerprint density at radius 1 is 1.25 bits per heavy atom. The number of hydrogen-bond donors (Lipinski definition) is 0. The average Bonchev–Trinajstić information content (AvgIpc) is 2.75. The van der Waals surface area contributed by atoms with Crippen LogP contribution < -0.4 is 0 Å². The van der Waals surface area contributed by atoms with Gasteiger partial charge in [-0.2, -0.15) is 4.98 Å². The number of aromatic nitrogens is 2. The van der Waals surface area contributed by atoms with Crippen LogP contribution in [0, 0.1) is 5.41 Å². The number of aryl methyl sites for hydroxylation is 1. The summed E-state index contributed by atoms with van der Waals surface area (Å²) in [6.07, 6.45) is 3.74. The van der Waals surface area contributed by atoms with Crippen LogP contribution in [-0.2, 0) is 12.8 Å². The molecule has 0 aliphatic carbocycles. The van der Waals surface area contributed by atoms with Gasteiger partial charge in [0, 0.05) is 11.4 Å². The van der Waals surface area contributed by atoms with E-state index in [0.29, 0.717) is 17.7 Å². The molecular formula is C16H21ClN2O. The quantitative estimate of drug-likeness (QED) is 0.803. The van der Waals surface area contributed by atoms with E-state index in [0.717, 1.165) is 35.7 Å². The Hall–Kier alpha value is -1.35. The molecule has 0 fully saturated rings. The van der Waals surface area contributed by atoms with Gasteiger partial charge in [-0.1, -0.05) is 49.7 Å². The topological polar surface area (TPSA) is 38.9 Å². The van der Waals surface area contributed by atoms with Crippen molar-refractivity contribution in [1.82, 2.24) is 10.1 Å². The van der Waals surface area contributed by atoms with Crippen molar-refractivity contribution in [1.29, 1.82) is 0 Å². The summed E-state index contributed by atoms with van der Waals surface area (Å²) < 4.78 is 5.29. The molecule has 1 aromatic heterocycles. The number of rotatable bonds is 5. The number of nitrogens with zero attached hydrogens (tertiary/aromatic N) is 2. The molecule has 2 aromatic rings. The van der Waals surface area contributed by atoms with Crippen LogP contribution in [0.1, 0.15) is 50.9 Å². The van der Waals surface area contributed by atoms with E-state index in [9.17, 15) is 0 Å². The molecule has 0 saturated heterocycles. The first-order chi connectivity index (χ1) is 9.42. The lowest BCUT2D eigenvalue weighted by atomic mass is 9.90. The van der Waals surface area contributed by atoms with E-state index in [4.69, 9.17) is 16.1 Å². The number of benzene rings is 1. The summed E-state index contributed by atoms with van der Waals surface area (Å²) in [7, 11) is 0. The van der Waals surface area contributed by atoms with Crippen molar-refractivity contribution in [2.75, 3.05) is 0 Å². The van der Waals surface area contributed by atoms with Crippen molar-refractivity contribution in [3.8, 4) is 0 Å². The first kappa shape index (κ1) is 15.0. The second kappa shape index (κ2) is 6.40. The van der Waals surface area contributed by atoms with Crippen LogP contribution in [0.4, 0.5) is 0 Å². The lowest BCUT2D eigenvalue weighted by molar-refractivity contribution is 0.357. The van der Waals surface area contributed by atoms with Crippen molar-refractivity contribution >= 4 is 11.6 Å². The summed E-state index contributed by atoms with van der Waals surface area (Å²) in [5, 5.41) is 4.76. The zero-order valence-electron chi connectivity index (χ0n) is 12.3. The van der Waals surface area contributed by atoms with Crippen molar-refractivity contribution in [3.63, 3.8) is 0 Å². The first-order valence-electron chi connectivity index (χ1n) is 6.98. The SMILES string of the molecule is CC(C)(C)CCCc1noc(Cc2cccc(Cl)c2)n1. The van der Waals surface area contributed by atoms with Gasteiger partial charge in [0.25, 0.3) is 0 Å². The molecule has 0 aliphatic heterocycles. The van der Waals surface area contributed by atoms with Crippen LogP contribution in [0.2, 0.25) is 5.02 Å². The van der Waals surface area contributed by atoms with E-state index in [-0.39, 0.29) is 0 Å². The van der Waals surface area contributed by atoms with Gasteiger partial charge in [-0.15, -0.1) is 0 Å². The summed E-state index contributed by atoms with van der Waals surface area (Å²) in [6.45, 7) is 6.73. The Balaban J connectivity index is 1.89. The lowest BCUT2D eigenvalue weighted by Gasteiger charge is -2.16. The molecule has 20 heavy (non-hydrogen) atoms. The van der Waals surface area contributed by atoms with Crippen LogP contribution in [-0.4, -0.2) is 10.1 Å². The normalized spacial score (nSPS) is 11.8. The highest BCUT2D eigenvalue weighted by atomic mass is 35.5. The van der Waals surface area contributed by atoms with Crippen molar-refractivity contribution in [3.05, 3.63) is 46.6 Å². The molecule has 0 N–H and O–H groups in total. The molecule has 1 heterocycles. The molecule has 4 heteroatoms. The Bertz CT molecular complexity index is 558. The monoisotopic (exact) mass is 292 g/mol. The fraction of sp³-hybridized carbons (Fsp3) is 0.500. The van der Waals surface area contributed by atoms with E-state index >= 15 is 0 Å². The standard InChI is InChI=1S/C16H21ClN2O/c1-16(2,3)9-5-8-14-18-15(20-19-14)11-12-6-4-7-13(17)10-12/h4,6-7,10H,5,8-9,11H2,1-3H3. The summed E-state index contributed by atoms with van der Waals surface area (Å²) in [4.78, 5) is 4.43. The maximum Gasteiger partial charge on any atom is 0.231 e. The van der Waals surface area contributed by atoms with Gasteiger partial charge in [-0.3, -0.25) is 0 Å². The molecule has 0 spiro atoms. The van der Waals surface area contributed by atoms with Crippen LogP contribution in [0.25, 0.3) is 0 Å². The second-order valence-electron chi connectivity index (χ2n) is 6.33. The van der Waals surface area contributed by atoms with Crippen molar-refractivity contribution in [2.45, 2.75) is 46.5 Å². The van der Waals surface area contributed by atoms with Gasteiger partial charge < -0.3 is 4.52 Å². The molecule has 0 atom stereocenters. The molecule has 108 valence electrons. The number of hydrogen-bond acceptors (Lipinski definition) is 3. The van der Waals surface area contributed by atoms with E-state index in [2.05, 4.69) is 30.9 Å². The summed E-state index contributed by atoms with van der Waals surface area (Å²) in [6, 6.07) is 7.72. The van der Waals surface area contributed by atoms with Gasteiger partial charge in [0.1, 0.15) is 0 Å². The van der Waals surface area contributed by atoms with Crippen molar-refractivity contribution < 1.29 is 4.52 Å². The third-order valence-electron chi connectivity index (χ3n) is 3.08. The fourth-order valence-corrected chi connectivity index (χ4v) is 2.27. The molecule has 0 amide bonds. The highest BCUT2D eigenvalue weighted by Crippen LogP contribution is 2.21. The molecule has 0 aliphatic rings. The van der Waals surface area contributed by atoms with Gasteiger partial charge in [0.05, 0.1) is 6.42 Å². The largest absolute Gasteiger partial charge is 0.339 e. The molecule has 0 bridgehead atoms. The Morgan fingerprint density at radius 2 is 2.05 bits per heavy atom. The maximum absolute atomic E-state index is 5.96. The summed E-state index contributed by atoms with van der Waals surface area (Å²) in [5.41, 5.74) is 1.44. The zero-order valence-corrected chi connectivity index (χ0v) is 13.1. The summed E-state index contributed by atoms with van der Waals surface area (Å²) >= 11 is 5.96. The third kappa shape index (κ3) is 4.97. The highest BCUT2D eigenvalue weighted by Gasteiger charge is 2.12. The molecule has 2 rings (SSSR count). The minimum absolute atomic E-state index is 0.355. The fourth-order valence-electron chi connectivity index (χ4n) is 2.06. The minimum Gasteiger partial charge on any atom is -0.339 e. The second-order valence-corrected chi connectivity index (χ2v) is 6.76. The van der Waals surface area contributed by atoms with E-state index < -0.39 is 0 Å². The smallest absolute Gasteiger partial charge is 0.231 e. The van der Waals surface area contributed by atoms with Gasteiger partial charge in [0.2, 0.25) is 5.89 Å². The number of halogens is 1. The molecule has 3 nitrogen and oxygen atoms in total. The van der Waals surface area contributed by atoms with Crippen molar-refractivity contribution in [2.24, 2.45) is 5.41 Å². The Labute approximate surface area is 125 Å². The average molecular weight is 293 g/mol. The zero-order chi connectivity index (χ0) is 14.6. The maximum atomic E-state index is 5.96. The van der Waals surface area contributed by atoms with Gasteiger partial charge in [-0.05, 0) is 36.0 Å². The molecule has 0 unspecified atom stereocenters. The molecule has 0 radical (unpaired) electrons. The summed E-state index contributed by atoms with van der Waals surface area (Å²) in [5.74, 6) is 1.45. The van der Waals surface area contributed by atoms with Crippen LogP contribution in [0.5, 0.6) is 0 Å². The minimum atomic E-state index is 0.355. The van der Waals surface area contributed by atoms with E-state index in [1.54, 1.807) is 0 Å². The molecular weight excluding hydrogens is 272 g/mol. The highest BCUT2D eigenvalue weighted by molar-refractivity contribution is 6.30. The van der Waals surface area contributed by atoms with Crippen LogP contribution in [0.15, 0.2) is 28.8 Å². The van der Waals surface area contributed by atoms with Crippen LogP contribution in [0.3, 0.4) is 0 Å². The third-order valence-corrected chi connectivity index (χ3v) is 3.32. The van der Waals surface area contributed by atoms with E-state index in [1.165, 1.54) is 0 Å². The Kier molecular flexibility index (Phi) is 4.81.